The van der Waals surface area contributed by atoms with Gasteiger partial charge >= 0.3 is 12.1 Å². The van der Waals surface area contributed by atoms with Crippen LogP contribution in [-0.2, 0) is 0 Å². The number of urea groups is 1. The highest BCUT2D eigenvalue weighted by molar-refractivity contribution is 5.92. The Bertz CT molecular complexity index is 1140. The Labute approximate surface area is 198 Å². The predicted octanol–water partition coefficient (Wildman–Crippen LogP) is 4.57. The maximum absolute atomic E-state index is 12.5. The molecule has 3 amide bonds. The lowest BCUT2D eigenvalue weighted by Crippen LogP contribution is -2.42. The highest BCUT2D eigenvalue weighted by atomic mass is 16.5. The molecule has 2 aromatic heterocycles. The van der Waals surface area contributed by atoms with Crippen LogP contribution in [0, 0.1) is 0 Å². The molecule has 9 heteroatoms. The molecule has 1 aliphatic rings. The van der Waals surface area contributed by atoms with Crippen LogP contribution in [0.4, 0.5) is 15.4 Å². The maximum atomic E-state index is 12.5. The van der Waals surface area contributed by atoms with E-state index < -0.39 is 0 Å². The fourth-order valence-corrected chi connectivity index (χ4v) is 3.95. The van der Waals surface area contributed by atoms with Gasteiger partial charge in [-0.05, 0) is 49.6 Å². The SMILES string of the molecule is CCCCCNC(=O)n1ccc2cc(Oc3ccnc(NC(=O)N4CCC(O)CC4)c3)ccc21. The van der Waals surface area contributed by atoms with Crippen LogP contribution in [0.2, 0.25) is 0 Å². The lowest BCUT2D eigenvalue weighted by molar-refractivity contribution is 0.0972. The fourth-order valence-electron chi connectivity index (χ4n) is 3.95. The number of unbranched alkanes of at least 4 members (excludes halogenated alkanes) is 2. The number of hydrogen-bond donors (Lipinski definition) is 3. The van der Waals surface area contributed by atoms with Crippen molar-refractivity contribution in [3.8, 4) is 11.5 Å². The third-order valence-corrected chi connectivity index (χ3v) is 5.89. The Hall–Kier alpha value is -3.59. The van der Waals surface area contributed by atoms with Gasteiger partial charge in [-0.25, -0.2) is 14.6 Å². The van der Waals surface area contributed by atoms with Gasteiger partial charge in [-0.1, -0.05) is 19.8 Å². The smallest absolute Gasteiger partial charge is 0.326 e. The van der Waals surface area contributed by atoms with Gasteiger partial charge in [-0.2, -0.15) is 0 Å². The van der Waals surface area contributed by atoms with Crippen LogP contribution in [0.15, 0.2) is 48.8 Å². The standard InChI is InChI=1S/C25H31N5O4/c1-2-3-4-11-27-24(32)30-15-8-18-16-20(5-6-22(18)30)34-21-7-12-26-23(17-21)28-25(33)29-13-9-19(31)10-14-29/h5-8,12,15-17,19,31H,2-4,9-11,13-14H2,1H3,(H,27,32)(H,26,28,33). The zero-order valence-corrected chi connectivity index (χ0v) is 19.4. The van der Waals surface area contributed by atoms with Crippen molar-refractivity contribution in [1.29, 1.82) is 0 Å². The van der Waals surface area contributed by atoms with E-state index in [0.29, 0.717) is 49.8 Å². The summed E-state index contributed by atoms with van der Waals surface area (Å²) >= 11 is 0. The van der Waals surface area contributed by atoms with Gasteiger partial charge in [0, 0.05) is 43.5 Å². The zero-order valence-electron chi connectivity index (χ0n) is 19.4. The summed E-state index contributed by atoms with van der Waals surface area (Å²) in [4.78, 5) is 30.8. The number of rotatable bonds is 7. The highest BCUT2D eigenvalue weighted by Gasteiger charge is 2.21. The molecule has 1 fully saturated rings. The number of ether oxygens (including phenoxy) is 1. The first-order valence-corrected chi connectivity index (χ1v) is 11.8. The second kappa shape index (κ2) is 11.0. The van der Waals surface area contributed by atoms with Crippen molar-refractivity contribution in [2.75, 3.05) is 25.0 Å². The molecule has 3 aromatic rings. The molecule has 9 nitrogen and oxygen atoms in total. The molecule has 0 unspecified atom stereocenters. The van der Waals surface area contributed by atoms with Gasteiger partial charge < -0.3 is 20.1 Å². The topological polar surface area (TPSA) is 109 Å². The Kier molecular flexibility index (Phi) is 7.64. The van der Waals surface area contributed by atoms with Gasteiger partial charge in [0.15, 0.2) is 0 Å². The Morgan fingerprint density at radius 2 is 1.88 bits per heavy atom. The van der Waals surface area contributed by atoms with Crippen molar-refractivity contribution < 1.29 is 19.4 Å². The molecule has 1 aromatic carbocycles. The number of nitrogens with zero attached hydrogens (tertiary/aromatic N) is 3. The van der Waals surface area contributed by atoms with Gasteiger partial charge in [-0.15, -0.1) is 0 Å². The lowest BCUT2D eigenvalue weighted by atomic mass is 10.1. The minimum Gasteiger partial charge on any atom is -0.457 e. The van der Waals surface area contributed by atoms with E-state index >= 15 is 0 Å². The minimum atomic E-state index is -0.340. The van der Waals surface area contributed by atoms with Gasteiger partial charge in [0.05, 0.1) is 11.6 Å². The number of amides is 3. The molecule has 1 saturated heterocycles. The van der Waals surface area contributed by atoms with Crippen molar-refractivity contribution in [2.24, 2.45) is 0 Å². The normalized spacial score (nSPS) is 14.2. The fraction of sp³-hybridized carbons (Fsp3) is 0.400. The number of pyridine rings is 1. The number of likely N-dealkylation sites (tertiary alicyclic amines) is 1. The van der Waals surface area contributed by atoms with Crippen LogP contribution in [0.25, 0.3) is 10.9 Å². The Balaban J connectivity index is 1.39. The van der Waals surface area contributed by atoms with Gasteiger partial charge in [0.2, 0.25) is 0 Å². The van der Waals surface area contributed by atoms with Gasteiger partial charge in [0.25, 0.3) is 0 Å². The summed E-state index contributed by atoms with van der Waals surface area (Å²) in [5.74, 6) is 1.54. The summed E-state index contributed by atoms with van der Waals surface area (Å²) in [6.07, 6.45) is 7.31. The number of aliphatic hydroxyl groups is 1. The summed E-state index contributed by atoms with van der Waals surface area (Å²) < 4.78 is 7.58. The van der Waals surface area contributed by atoms with Crippen LogP contribution < -0.4 is 15.4 Å². The first-order valence-electron chi connectivity index (χ1n) is 11.8. The summed E-state index contributed by atoms with van der Waals surface area (Å²) in [6, 6.07) is 10.4. The average molecular weight is 466 g/mol. The molecule has 34 heavy (non-hydrogen) atoms. The number of aromatic nitrogens is 2. The maximum Gasteiger partial charge on any atom is 0.326 e. The van der Waals surface area contributed by atoms with Crippen molar-refractivity contribution in [3.63, 3.8) is 0 Å². The molecule has 0 radical (unpaired) electrons. The van der Waals surface area contributed by atoms with E-state index in [-0.39, 0.29) is 18.2 Å². The molecule has 0 bridgehead atoms. The molecule has 0 saturated carbocycles. The van der Waals surface area contributed by atoms with E-state index in [1.807, 2.05) is 18.2 Å². The number of nitrogens with one attached hydrogen (secondary N) is 2. The number of carbonyl (C=O) groups excluding carboxylic acids is 2. The monoisotopic (exact) mass is 465 g/mol. The Morgan fingerprint density at radius 3 is 2.68 bits per heavy atom. The number of benzene rings is 1. The molecule has 0 atom stereocenters. The molecule has 1 aliphatic heterocycles. The quantitative estimate of drug-likeness (QED) is 0.443. The molecule has 3 N–H and O–H groups in total. The van der Waals surface area contributed by atoms with Crippen LogP contribution in [0.1, 0.15) is 39.0 Å². The Morgan fingerprint density at radius 1 is 1.09 bits per heavy atom. The third kappa shape index (κ3) is 5.85. The summed E-state index contributed by atoms with van der Waals surface area (Å²) in [7, 11) is 0. The van der Waals surface area contributed by atoms with Crippen LogP contribution in [0.3, 0.4) is 0 Å². The number of aliphatic hydroxyl groups excluding tert-OH is 1. The van der Waals surface area contributed by atoms with E-state index in [9.17, 15) is 14.7 Å². The molecule has 0 spiro atoms. The molecule has 180 valence electrons. The van der Waals surface area contributed by atoms with Crippen molar-refractivity contribution in [3.05, 3.63) is 48.8 Å². The van der Waals surface area contributed by atoms with Crippen LogP contribution in [-0.4, -0.2) is 57.4 Å². The van der Waals surface area contributed by atoms with Crippen molar-refractivity contribution in [1.82, 2.24) is 19.8 Å². The van der Waals surface area contributed by atoms with E-state index in [1.54, 1.807) is 40.1 Å². The molecule has 3 heterocycles. The minimum absolute atomic E-state index is 0.141. The van der Waals surface area contributed by atoms with Gasteiger partial charge in [-0.3, -0.25) is 9.88 Å². The summed E-state index contributed by atoms with van der Waals surface area (Å²) in [5, 5.41) is 16.2. The number of hydrogen-bond acceptors (Lipinski definition) is 5. The average Bonchev–Trinajstić information content (AvgIpc) is 3.26. The van der Waals surface area contributed by atoms with E-state index in [2.05, 4.69) is 22.5 Å². The van der Waals surface area contributed by atoms with E-state index in [4.69, 9.17) is 4.74 Å². The number of anilines is 1. The first kappa shape index (κ1) is 23.6. The number of fused-ring (bicyclic) bond motifs is 1. The summed E-state index contributed by atoms with van der Waals surface area (Å²) in [6.45, 7) is 3.82. The van der Waals surface area contributed by atoms with Crippen molar-refractivity contribution >= 4 is 28.8 Å². The van der Waals surface area contributed by atoms with E-state index in [1.165, 1.54) is 0 Å². The first-order chi connectivity index (χ1) is 16.5. The number of piperidine rings is 1. The van der Waals surface area contributed by atoms with Crippen LogP contribution >= 0.6 is 0 Å². The second-order valence-electron chi connectivity index (χ2n) is 8.47. The van der Waals surface area contributed by atoms with Crippen LogP contribution in [0.5, 0.6) is 11.5 Å². The third-order valence-electron chi connectivity index (χ3n) is 5.89. The molecule has 0 aliphatic carbocycles. The predicted molar refractivity (Wildman–Crippen MR) is 130 cm³/mol. The van der Waals surface area contributed by atoms with E-state index in [0.717, 1.165) is 30.2 Å². The second-order valence-corrected chi connectivity index (χ2v) is 8.47. The molecular formula is C25H31N5O4. The molecular weight excluding hydrogens is 434 g/mol. The van der Waals surface area contributed by atoms with Gasteiger partial charge in [0.1, 0.15) is 17.3 Å². The largest absolute Gasteiger partial charge is 0.457 e. The number of carbonyl (C=O) groups is 2. The molecule has 4 rings (SSSR count). The zero-order chi connectivity index (χ0) is 23.9. The highest BCUT2D eigenvalue weighted by Crippen LogP contribution is 2.27. The lowest BCUT2D eigenvalue weighted by Gasteiger charge is -2.29. The van der Waals surface area contributed by atoms with Crippen molar-refractivity contribution in [2.45, 2.75) is 45.1 Å². The summed E-state index contributed by atoms with van der Waals surface area (Å²) in [5.41, 5.74) is 0.801.